The van der Waals surface area contributed by atoms with Crippen LogP contribution in [0.4, 0.5) is 0 Å². The van der Waals surface area contributed by atoms with Gasteiger partial charge in [-0.2, -0.15) is 5.26 Å². The Bertz CT molecular complexity index is 1100. The van der Waals surface area contributed by atoms with Crippen molar-refractivity contribution in [2.24, 2.45) is 17.8 Å². The van der Waals surface area contributed by atoms with Crippen LogP contribution in [0, 0.1) is 29.1 Å². The van der Waals surface area contributed by atoms with Crippen molar-refractivity contribution < 1.29 is 53.6 Å². The van der Waals surface area contributed by atoms with E-state index < -0.39 is 83.9 Å². The van der Waals surface area contributed by atoms with Gasteiger partial charge in [0.1, 0.15) is 23.9 Å². The smallest absolute Gasteiger partial charge is 0.311 e. The van der Waals surface area contributed by atoms with Gasteiger partial charge in [0, 0.05) is 38.3 Å². The Balaban J connectivity index is 2.06. The van der Waals surface area contributed by atoms with Crippen molar-refractivity contribution in [1.82, 2.24) is 5.32 Å². The van der Waals surface area contributed by atoms with Gasteiger partial charge in [-0.1, -0.05) is 13.8 Å². The third-order valence-corrected chi connectivity index (χ3v) is 11.2. The van der Waals surface area contributed by atoms with E-state index in [1.807, 2.05) is 27.7 Å². The highest BCUT2D eigenvalue weighted by Crippen LogP contribution is 2.41. The molecule has 0 aromatic rings. The molecular weight excluding hydrogens is 636 g/mol. The van der Waals surface area contributed by atoms with Gasteiger partial charge in [0.2, 0.25) is 0 Å². The van der Waals surface area contributed by atoms with Crippen LogP contribution in [0.1, 0.15) is 107 Å². The summed E-state index contributed by atoms with van der Waals surface area (Å²) in [6.07, 6.45) is -5.49. The number of nitrogens with zero attached hydrogens (tertiary/aromatic N) is 1. The number of aliphatic hydroxyl groups excluding tert-OH is 2. The van der Waals surface area contributed by atoms with Gasteiger partial charge in [-0.15, -0.1) is 0 Å². The van der Waals surface area contributed by atoms with Gasteiger partial charge >= 0.3 is 5.97 Å². The Hall–Kier alpha value is -1.44. The van der Waals surface area contributed by atoms with Crippen LogP contribution in [0.25, 0.3) is 0 Å². The molecule has 3 aliphatic heterocycles. The molecule has 0 spiro atoms. The van der Waals surface area contributed by atoms with E-state index in [9.17, 15) is 30.5 Å². The molecule has 0 bridgehead atoms. The summed E-state index contributed by atoms with van der Waals surface area (Å²) in [5.74, 6) is -1.98. The molecule has 13 heteroatoms. The molecule has 284 valence electrons. The highest BCUT2D eigenvalue weighted by molar-refractivity contribution is 5.73. The van der Waals surface area contributed by atoms with Crippen molar-refractivity contribution in [1.29, 1.82) is 5.26 Å². The highest BCUT2D eigenvalue weighted by Gasteiger charge is 2.50. The van der Waals surface area contributed by atoms with Crippen molar-refractivity contribution in [2.75, 3.05) is 13.7 Å². The van der Waals surface area contributed by atoms with Crippen LogP contribution < -0.4 is 5.32 Å². The van der Waals surface area contributed by atoms with Crippen LogP contribution in [0.2, 0.25) is 0 Å². The predicted octanol–water partition coefficient (Wildman–Crippen LogP) is 2.94. The minimum atomic E-state index is -1.78. The summed E-state index contributed by atoms with van der Waals surface area (Å²) in [6, 6.07) is 1.65. The maximum absolute atomic E-state index is 14.0. The van der Waals surface area contributed by atoms with Gasteiger partial charge in [0.15, 0.2) is 12.6 Å². The summed E-state index contributed by atoms with van der Waals surface area (Å²) in [5, 5.41) is 58.5. The third kappa shape index (κ3) is 10.3. The van der Waals surface area contributed by atoms with E-state index in [1.54, 1.807) is 34.8 Å². The number of hydrogen-bond acceptors (Lipinski definition) is 13. The molecule has 0 amide bonds. The Kier molecular flexibility index (Phi) is 14.9. The van der Waals surface area contributed by atoms with Gasteiger partial charge in [0.05, 0.1) is 47.6 Å². The van der Waals surface area contributed by atoms with Gasteiger partial charge in [0.25, 0.3) is 0 Å². The first-order valence-electron chi connectivity index (χ1n) is 18.1. The summed E-state index contributed by atoms with van der Waals surface area (Å²) in [6.45, 7) is 16.3. The van der Waals surface area contributed by atoms with Gasteiger partial charge in [-0.3, -0.25) is 4.79 Å². The molecule has 3 fully saturated rings. The fourth-order valence-corrected chi connectivity index (χ4v) is 7.73. The zero-order valence-corrected chi connectivity index (χ0v) is 31.3. The third-order valence-electron chi connectivity index (χ3n) is 11.2. The fourth-order valence-electron chi connectivity index (χ4n) is 7.73. The predicted molar refractivity (Wildman–Crippen MR) is 180 cm³/mol. The molecule has 2 unspecified atom stereocenters. The number of nitriles is 1. The van der Waals surface area contributed by atoms with E-state index in [4.69, 9.17) is 28.4 Å². The minimum Gasteiger partial charge on any atom is -0.459 e. The molecular formula is C36H64N2O11. The number of methoxy groups -OCH3 is 1. The van der Waals surface area contributed by atoms with Crippen LogP contribution in [0.5, 0.6) is 0 Å². The lowest BCUT2D eigenvalue weighted by atomic mass is 9.78. The lowest BCUT2D eigenvalue weighted by Crippen LogP contribution is -2.58. The number of nitrogens with one attached hydrogen (secondary N) is 1. The molecule has 0 aliphatic carbocycles. The Morgan fingerprint density at radius 1 is 1.02 bits per heavy atom. The van der Waals surface area contributed by atoms with Crippen LogP contribution in [-0.4, -0.2) is 118 Å². The second kappa shape index (κ2) is 17.4. The Morgan fingerprint density at radius 2 is 1.69 bits per heavy atom. The Labute approximate surface area is 292 Å². The number of carbonyl (C=O) groups is 1. The van der Waals surface area contributed by atoms with Crippen molar-refractivity contribution in [2.45, 2.75) is 185 Å². The van der Waals surface area contributed by atoms with Gasteiger partial charge in [-0.25, -0.2) is 0 Å². The molecule has 3 aliphatic rings. The zero-order valence-electron chi connectivity index (χ0n) is 31.3. The molecule has 0 saturated carbocycles. The van der Waals surface area contributed by atoms with E-state index in [2.05, 4.69) is 11.4 Å². The van der Waals surface area contributed by atoms with Crippen LogP contribution in [0.3, 0.4) is 0 Å². The molecule has 3 heterocycles. The maximum atomic E-state index is 14.0. The van der Waals surface area contributed by atoms with Crippen molar-refractivity contribution in [3.05, 3.63) is 0 Å². The van der Waals surface area contributed by atoms with Gasteiger partial charge < -0.3 is 54.2 Å². The maximum Gasteiger partial charge on any atom is 0.311 e. The topological polar surface area (TPSA) is 189 Å². The van der Waals surface area contributed by atoms with Crippen molar-refractivity contribution in [3.63, 3.8) is 0 Å². The van der Waals surface area contributed by atoms with E-state index in [0.29, 0.717) is 19.4 Å². The minimum absolute atomic E-state index is 0.00382. The summed E-state index contributed by atoms with van der Waals surface area (Å²) >= 11 is 0. The number of esters is 1. The van der Waals surface area contributed by atoms with Crippen LogP contribution in [-0.2, 0) is 33.2 Å². The second-order valence-corrected chi connectivity index (χ2v) is 15.6. The SMILES string of the molecule is CC[C@H]1OC(=O)[C@H](C)[C@@H](O[C@H]2C[C@@](C)(OC)C(CC#N)[C@H](C)O2)C[C@@H](OC2O[C@H](C)CC[C@H]2O)[C@](C)(O)C[C@@H](C)CN[C@H](C)[C@@H](O)[C@]1(C)O. The van der Waals surface area contributed by atoms with Crippen molar-refractivity contribution in [3.8, 4) is 6.07 Å². The first kappa shape index (κ1) is 42.0. The molecule has 13 nitrogen and oxygen atoms in total. The fraction of sp³-hybridized carbons (Fsp3) is 0.944. The second-order valence-electron chi connectivity index (χ2n) is 15.6. The summed E-state index contributed by atoms with van der Waals surface area (Å²) < 4.78 is 37.2. The van der Waals surface area contributed by atoms with Gasteiger partial charge in [-0.05, 0) is 86.6 Å². The monoisotopic (exact) mass is 700 g/mol. The molecule has 3 rings (SSSR count). The summed E-state index contributed by atoms with van der Waals surface area (Å²) in [4.78, 5) is 14.0. The average molecular weight is 701 g/mol. The zero-order chi connectivity index (χ0) is 36.9. The summed E-state index contributed by atoms with van der Waals surface area (Å²) in [7, 11) is 1.59. The molecule has 49 heavy (non-hydrogen) atoms. The largest absolute Gasteiger partial charge is 0.459 e. The molecule has 5 N–H and O–H groups in total. The molecule has 3 saturated heterocycles. The molecule has 16 atom stereocenters. The number of aliphatic hydroxyl groups is 4. The van der Waals surface area contributed by atoms with Crippen molar-refractivity contribution >= 4 is 5.97 Å². The lowest BCUT2D eigenvalue weighted by molar-refractivity contribution is -0.298. The highest BCUT2D eigenvalue weighted by atomic mass is 16.7. The number of carbonyl (C=O) groups excluding carboxylic acids is 1. The van der Waals surface area contributed by atoms with E-state index >= 15 is 0 Å². The van der Waals surface area contributed by atoms with E-state index in [1.165, 1.54) is 6.92 Å². The number of ether oxygens (including phenoxy) is 6. The van der Waals surface area contributed by atoms with E-state index in [0.717, 1.165) is 0 Å². The normalized spacial score (nSPS) is 48.1. The summed E-state index contributed by atoms with van der Waals surface area (Å²) in [5.41, 5.74) is -4.04. The number of rotatable bonds is 7. The van der Waals surface area contributed by atoms with Crippen LogP contribution >= 0.6 is 0 Å². The average Bonchev–Trinajstić information content (AvgIpc) is 3.03. The first-order chi connectivity index (χ1) is 22.8. The van der Waals surface area contributed by atoms with E-state index in [-0.39, 0.29) is 50.0 Å². The molecule has 0 aromatic carbocycles. The first-order valence-corrected chi connectivity index (χ1v) is 18.1. The lowest BCUT2D eigenvalue weighted by Gasteiger charge is -2.47. The number of cyclic esters (lactones) is 1. The quantitative estimate of drug-likeness (QED) is 0.244. The number of hydrogen-bond donors (Lipinski definition) is 5. The van der Waals surface area contributed by atoms with Crippen LogP contribution in [0.15, 0.2) is 0 Å². The molecule has 0 aromatic heterocycles. The Morgan fingerprint density at radius 3 is 2.31 bits per heavy atom. The molecule has 0 radical (unpaired) electrons. The standard InChI is InChI=1S/C36H64N2O11/c1-11-28-36(9,43)31(40)23(5)38-19-20(2)17-34(7,42)29(49-33-26(39)13-12-21(3)45-33)16-27(22(4)32(41)48-28)47-30-18-35(8,44-10)25(14-15-37)24(6)46-30/h20-31,33,38-40,42-43H,11-14,16-19H2,1-10H3/t20-,21-,22-,23-,24+,25?,26-,27+,28-,29-,30+,31-,33?,34-,35-,36-/m1/s1.